The molecule has 2 heterocycles. The minimum absolute atomic E-state index is 0.549. The van der Waals surface area contributed by atoms with Crippen molar-refractivity contribution in [1.29, 1.82) is 0 Å². The molecule has 1 saturated carbocycles. The second-order valence-electron chi connectivity index (χ2n) is 5.00. The Bertz CT molecular complexity index is 419. The van der Waals surface area contributed by atoms with Crippen LogP contribution in [0.25, 0.3) is 0 Å². The van der Waals surface area contributed by atoms with Crippen molar-refractivity contribution in [2.24, 2.45) is 5.92 Å². The maximum Gasteiger partial charge on any atom is 0.134 e. The van der Waals surface area contributed by atoms with Gasteiger partial charge in [-0.1, -0.05) is 6.92 Å². The molecule has 2 atom stereocenters. The van der Waals surface area contributed by atoms with Gasteiger partial charge < -0.3 is 5.73 Å². The molecule has 0 radical (unpaired) electrons. The van der Waals surface area contributed by atoms with Gasteiger partial charge in [-0.15, -0.1) is 0 Å². The topological polar surface area (TPSA) is 51.8 Å². The first-order valence-corrected chi connectivity index (χ1v) is 7.12. The fraction of sp³-hybridized carbons (Fsp3) is 0.667. The van der Waals surface area contributed by atoms with Gasteiger partial charge in [0.05, 0.1) is 5.69 Å². The van der Waals surface area contributed by atoms with E-state index < -0.39 is 0 Å². The second-order valence-corrected chi connectivity index (χ2v) is 5.99. The number of aromatic nitrogens is 2. The molecular weight excluding hydrogens is 218 g/mol. The maximum absolute atomic E-state index is 6.01. The van der Waals surface area contributed by atoms with Gasteiger partial charge in [-0.05, 0) is 25.2 Å². The summed E-state index contributed by atoms with van der Waals surface area (Å²) < 4.78 is 0. The Morgan fingerprint density at radius 3 is 2.88 bits per heavy atom. The Morgan fingerprint density at radius 2 is 2.12 bits per heavy atom. The number of nitrogen functional groups attached to an aromatic ring is 1. The summed E-state index contributed by atoms with van der Waals surface area (Å²) in [6, 6.07) is 0. The SMILES string of the molecule is CC1CCC(c2nc(N)c3c(n2)CSC3)C1. The molecule has 3 rings (SSSR count). The van der Waals surface area contributed by atoms with Gasteiger partial charge in [0.2, 0.25) is 0 Å². The van der Waals surface area contributed by atoms with Crippen LogP contribution in [0.15, 0.2) is 0 Å². The van der Waals surface area contributed by atoms with Crippen LogP contribution in [0.5, 0.6) is 0 Å². The molecule has 1 aliphatic carbocycles. The van der Waals surface area contributed by atoms with Gasteiger partial charge >= 0.3 is 0 Å². The van der Waals surface area contributed by atoms with Crippen molar-refractivity contribution in [1.82, 2.24) is 9.97 Å². The minimum atomic E-state index is 0.549. The highest BCUT2D eigenvalue weighted by Gasteiger charge is 2.27. The van der Waals surface area contributed by atoms with Crippen molar-refractivity contribution >= 4 is 17.6 Å². The molecular formula is C12H17N3S. The van der Waals surface area contributed by atoms with Crippen LogP contribution < -0.4 is 5.73 Å². The Balaban J connectivity index is 1.94. The molecule has 0 amide bonds. The summed E-state index contributed by atoms with van der Waals surface area (Å²) in [5, 5.41) is 0. The second kappa shape index (κ2) is 3.91. The average molecular weight is 235 g/mol. The normalized spacial score (nSPS) is 28.3. The predicted molar refractivity (Wildman–Crippen MR) is 67.2 cm³/mol. The number of nitrogens with zero attached hydrogens (tertiary/aromatic N) is 2. The summed E-state index contributed by atoms with van der Waals surface area (Å²) in [7, 11) is 0. The first-order valence-electron chi connectivity index (χ1n) is 5.97. The molecule has 0 aromatic carbocycles. The van der Waals surface area contributed by atoms with Crippen LogP contribution in [0.4, 0.5) is 5.82 Å². The Morgan fingerprint density at radius 1 is 1.25 bits per heavy atom. The highest BCUT2D eigenvalue weighted by molar-refractivity contribution is 7.98. The summed E-state index contributed by atoms with van der Waals surface area (Å²) in [6.07, 6.45) is 3.76. The van der Waals surface area contributed by atoms with Gasteiger partial charge in [0.15, 0.2) is 0 Å². The molecule has 86 valence electrons. The molecule has 2 unspecified atom stereocenters. The monoisotopic (exact) mass is 235 g/mol. The van der Waals surface area contributed by atoms with E-state index in [2.05, 4.69) is 11.9 Å². The van der Waals surface area contributed by atoms with Crippen molar-refractivity contribution in [2.75, 3.05) is 5.73 Å². The van der Waals surface area contributed by atoms with Gasteiger partial charge in [-0.25, -0.2) is 9.97 Å². The fourth-order valence-corrected chi connectivity index (χ4v) is 3.77. The third-order valence-corrected chi connectivity index (χ3v) is 4.66. The number of anilines is 1. The molecule has 2 aliphatic rings. The number of thioether (sulfide) groups is 1. The molecule has 0 bridgehead atoms. The first kappa shape index (κ1) is 10.4. The highest BCUT2D eigenvalue weighted by atomic mass is 32.2. The summed E-state index contributed by atoms with van der Waals surface area (Å²) in [5.41, 5.74) is 8.38. The lowest BCUT2D eigenvalue weighted by atomic mass is 10.1. The molecule has 16 heavy (non-hydrogen) atoms. The van der Waals surface area contributed by atoms with E-state index in [4.69, 9.17) is 10.7 Å². The van der Waals surface area contributed by atoms with E-state index >= 15 is 0 Å². The first-order chi connectivity index (χ1) is 7.74. The van der Waals surface area contributed by atoms with Crippen LogP contribution in [0, 0.1) is 5.92 Å². The maximum atomic E-state index is 6.01. The van der Waals surface area contributed by atoms with E-state index in [-0.39, 0.29) is 0 Å². The Hall–Kier alpha value is -0.770. The molecule has 0 saturated heterocycles. The summed E-state index contributed by atoms with van der Waals surface area (Å²) in [5.74, 6) is 5.10. The van der Waals surface area contributed by atoms with Gasteiger partial charge in [0.25, 0.3) is 0 Å². The zero-order valence-corrected chi connectivity index (χ0v) is 10.4. The van der Waals surface area contributed by atoms with E-state index in [1.165, 1.54) is 30.5 Å². The number of rotatable bonds is 1. The van der Waals surface area contributed by atoms with Crippen molar-refractivity contribution in [2.45, 2.75) is 43.6 Å². The number of hydrogen-bond acceptors (Lipinski definition) is 4. The largest absolute Gasteiger partial charge is 0.383 e. The zero-order chi connectivity index (χ0) is 11.1. The molecule has 1 aromatic rings. The van der Waals surface area contributed by atoms with Crippen molar-refractivity contribution < 1.29 is 0 Å². The average Bonchev–Trinajstić information content (AvgIpc) is 2.85. The van der Waals surface area contributed by atoms with Gasteiger partial charge in [-0.3, -0.25) is 0 Å². The van der Waals surface area contributed by atoms with Crippen LogP contribution in [-0.4, -0.2) is 9.97 Å². The van der Waals surface area contributed by atoms with Crippen LogP contribution in [0.1, 0.15) is 49.2 Å². The quantitative estimate of drug-likeness (QED) is 0.813. The van der Waals surface area contributed by atoms with Crippen LogP contribution in [0.2, 0.25) is 0 Å². The highest BCUT2D eigenvalue weighted by Crippen LogP contribution is 2.39. The summed E-state index contributed by atoms with van der Waals surface area (Å²) >= 11 is 1.89. The fourth-order valence-electron chi connectivity index (χ4n) is 2.72. The standard InChI is InChI=1S/C12H17N3S/c1-7-2-3-8(4-7)12-14-10-6-16-5-9(10)11(13)15-12/h7-8H,2-6H2,1H3,(H2,13,14,15). The summed E-state index contributed by atoms with van der Waals surface area (Å²) in [6.45, 7) is 2.31. The third kappa shape index (κ3) is 1.69. The lowest BCUT2D eigenvalue weighted by Gasteiger charge is -2.11. The smallest absolute Gasteiger partial charge is 0.134 e. The number of fused-ring (bicyclic) bond motifs is 1. The Kier molecular flexibility index (Phi) is 2.54. The summed E-state index contributed by atoms with van der Waals surface area (Å²) in [4.78, 5) is 9.23. The lowest BCUT2D eigenvalue weighted by molar-refractivity contribution is 0.584. The van der Waals surface area contributed by atoms with Crippen molar-refractivity contribution in [3.05, 3.63) is 17.1 Å². The molecule has 1 aliphatic heterocycles. The van der Waals surface area contributed by atoms with E-state index in [1.54, 1.807) is 0 Å². The van der Waals surface area contributed by atoms with Crippen LogP contribution >= 0.6 is 11.8 Å². The molecule has 4 heteroatoms. The lowest BCUT2D eigenvalue weighted by Crippen LogP contribution is -2.08. The molecule has 1 aromatic heterocycles. The van der Waals surface area contributed by atoms with Gasteiger partial charge in [0, 0.05) is 23.0 Å². The van der Waals surface area contributed by atoms with Crippen molar-refractivity contribution in [3.8, 4) is 0 Å². The van der Waals surface area contributed by atoms with E-state index in [0.29, 0.717) is 5.92 Å². The van der Waals surface area contributed by atoms with Crippen molar-refractivity contribution in [3.63, 3.8) is 0 Å². The molecule has 3 nitrogen and oxygen atoms in total. The van der Waals surface area contributed by atoms with Gasteiger partial charge in [-0.2, -0.15) is 11.8 Å². The molecule has 1 fully saturated rings. The third-order valence-electron chi connectivity index (χ3n) is 3.69. The van der Waals surface area contributed by atoms with E-state index in [1.807, 2.05) is 11.8 Å². The van der Waals surface area contributed by atoms with Crippen LogP contribution in [0.3, 0.4) is 0 Å². The molecule has 0 spiro atoms. The zero-order valence-electron chi connectivity index (χ0n) is 9.57. The Labute approximate surface area is 100 Å². The minimum Gasteiger partial charge on any atom is -0.383 e. The van der Waals surface area contributed by atoms with Gasteiger partial charge in [0.1, 0.15) is 11.6 Å². The number of nitrogens with two attached hydrogens (primary N) is 1. The van der Waals surface area contributed by atoms with Crippen LogP contribution in [-0.2, 0) is 11.5 Å². The predicted octanol–water partition coefficient (Wildman–Crippen LogP) is 2.71. The molecule has 2 N–H and O–H groups in total. The van der Waals surface area contributed by atoms with E-state index in [0.717, 1.165) is 29.1 Å². The van der Waals surface area contributed by atoms with E-state index in [9.17, 15) is 0 Å². The number of hydrogen-bond donors (Lipinski definition) is 1.